The molecule has 0 unspecified atom stereocenters. The molecule has 0 heterocycles. The minimum atomic E-state index is -0.833. The number of rotatable bonds is 3. The van der Waals surface area contributed by atoms with Crippen molar-refractivity contribution in [3.05, 3.63) is 0 Å². The molecule has 2 nitrogen and oxygen atoms in total. The zero-order valence-electron chi connectivity index (χ0n) is 18.8. The molecule has 4 saturated carbocycles. The van der Waals surface area contributed by atoms with E-state index in [2.05, 4.69) is 38.5 Å². The molecule has 4 fully saturated rings. The van der Waals surface area contributed by atoms with Gasteiger partial charge >= 0.3 is 0 Å². The summed E-state index contributed by atoms with van der Waals surface area (Å²) in [6, 6.07) is 0. The number of hydrogen-bond acceptors (Lipinski definition) is 2. The summed E-state index contributed by atoms with van der Waals surface area (Å²) in [5.41, 5.74) is 0.154. The molecule has 0 radical (unpaired) electrons. The highest BCUT2D eigenvalue weighted by atomic mass is 16.5. The lowest BCUT2D eigenvalue weighted by Crippen LogP contribution is -2.55. The monoisotopic (exact) mass is 396 g/mol. The second-order valence-electron chi connectivity index (χ2n) is 11.1. The van der Waals surface area contributed by atoms with Crippen LogP contribution in [0.5, 0.6) is 0 Å². The van der Waals surface area contributed by atoms with Crippen molar-refractivity contribution in [2.45, 2.75) is 90.6 Å². The van der Waals surface area contributed by atoms with Crippen LogP contribution in [0.4, 0.5) is 0 Å². The molecule has 0 spiro atoms. The summed E-state index contributed by atoms with van der Waals surface area (Å²) < 4.78 is 5.26. The molecule has 1 N–H and O–H groups in total. The van der Waals surface area contributed by atoms with Gasteiger partial charge in [0, 0.05) is 0 Å². The number of hydrogen-bond donors (Lipinski definition) is 1. The van der Waals surface area contributed by atoms with E-state index >= 15 is 0 Å². The SMILES string of the molecule is C#CCOCC#C[C@@]1(O)CC[C@@]2(C)[C@H](CC[C@@H]3[C@@H]2CC[C@]2(C)[C@@H](CC)CC[C@@H]32)C1. The Morgan fingerprint density at radius 3 is 2.52 bits per heavy atom. The molecule has 0 aromatic heterocycles. The highest BCUT2D eigenvalue weighted by Gasteiger charge is 2.60. The molecule has 4 rings (SSSR count). The maximum atomic E-state index is 11.2. The van der Waals surface area contributed by atoms with E-state index in [1.165, 1.54) is 44.9 Å². The first-order valence-electron chi connectivity index (χ1n) is 12.1. The number of terminal acetylenes is 1. The van der Waals surface area contributed by atoms with Gasteiger partial charge in [-0.2, -0.15) is 0 Å². The third-order valence-corrected chi connectivity index (χ3v) is 10.1. The maximum absolute atomic E-state index is 11.2. The van der Waals surface area contributed by atoms with Crippen LogP contribution < -0.4 is 0 Å². The molecule has 29 heavy (non-hydrogen) atoms. The summed E-state index contributed by atoms with van der Waals surface area (Å²) in [6.07, 6.45) is 17.7. The predicted molar refractivity (Wildman–Crippen MR) is 118 cm³/mol. The van der Waals surface area contributed by atoms with Crippen LogP contribution in [0.1, 0.15) is 85.0 Å². The van der Waals surface area contributed by atoms with E-state index in [4.69, 9.17) is 11.2 Å². The van der Waals surface area contributed by atoms with Gasteiger partial charge < -0.3 is 9.84 Å². The molecule has 0 aromatic rings. The van der Waals surface area contributed by atoms with Crippen molar-refractivity contribution in [3.8, 4) is 24.2 Å². The van der Waals surface area contributed by atoms with Gasteiger partial charge in [-0.1, -0.05) is 45.0 Å². The normalized spacial score (nSPS) is 48.4. The summed E-state index contributed by atoms with van der Waals surface area (Å²) in [5.74, 6) is 12.9. The van der Waals surface area contributed by atoms with E-state index in [1.807, 2.05) is 0 Å². The summed E-state index contributed by atoms with van der Waals surface area (Å²) >= 11 is 0. The first-order valence-corrected chi connectivity index (χ1v) is 12.1. The largest absolute Gasteiger partial charge is 0.378 e. The average molecular weight is 397 g/mol. The van der Waals surface area contributed by atoms with Gasteiger partial charge in [0.15, 0.2) is 0 Å². The zero-order chi connectivity index (χ0) is 20.7. The number of ether oxygens (including phenoxy) is 1. The molecular weight excluding hydrogens is 356 g/mol. The Morgan fingerprint density at radius 2 is 1.76 bits per heavy atom. The van der Waals surface area contributed by atoms with Gasteiger partial charge in [-0.05, 0) is 98.2 Å². The van der Waals surface area contributed by atoms with E-state index in [0.29, 0.717) is 23.4 Å². The molecular formula is C27H40O2. The highest BCUT2D eigenvalue weighted by molar-refractivity contribution is 5.19. The number of fused-ring (bicyclic) bond motifs is 5. The topological polar surface area (TPSA) is 29.5 Å². The van der Waals surface area contributed by atoms with Crippen molar-refractivity contribution in [3.63, 3.8) is 0 Å². The smallest absolute Gasteiger partial charge is 0.125 e. The molecule has 0 amide bonds. The van der Waals surface area contributed by atoms with Gasteiger partial charge in [0.2, 0.25) is 0 Å². The second-order valence-corrected chi connectivity index (χ2v) is 11.1. The van der Waals surface area contributed by atoms with Crippen molar-refractivity contribution in [2.24, 2.45) is 40.4 Å². The van der Waals surface area contributed by atoms with Crippen molar-refractivity contribution in [1.82, 2.24) is 0 Å². The van der Waals surface area contributed by atoms with Gasteiger partial charge in [0.1, 0.15) is 18.8 Å². The third-order valence-electron chi connectivity index (χ3n) is 10.1. The Bertz CT molecular complexity index is 710. The minimum absolute atomic E-state index is 0.288. The lowest BCUT2D eigenvalue weighted by atomic mass is 9.44. The van der Waals surface area contributed by atoms with E-state index in [9.17, 15) is 5.11 Å². The second kappa shape index (κ2) is 7.94. The van der Waals surface area contributed by atoms with E-state index in [0.717, 1.165) is 42.9 Å². The fraction of sp³-hybridized carbons (Fsp3) is 0.852. The fourth-order valence-electron chi connectivity index (χ4n) is 8.50. The lowest BCUT2D eigenvalue weighted by Gasteiger charge is -2.61. The van der Waals surface area contributed by atoms with Crippen LogP contribution in [0.25, 0.3) is 0 Å². The average Bonchev–Trinajstić information content (AvgIpc) is 3.05. The van der Waals surface area contributed by atoms with Crippen molar-refractivity contribution < 1.29 is 9.84 Å². The van der Waals surface area contributed by atoms with Crippen LogP contribution in [0, 0.1) is 64.6 Å². The molecule has 160 valence electrons. The molecule has 8 atom stereocenters. The quantitative estimate of drug-likeness (QED) is 0.508. The van der Waals surface area contributed by atoms with Gasteiger partial charge in [0.05, 0.1) is 0 Å². The maximum Gasteiger partial charge on any atom is 0.125 e. The van der Waals surface area contributed by atoms with Crippen molar-refractivity contribution in [2.75, 3.05) is 13.2 Å². The van der Waals surface area contributed by atoms with Crippen LogP contribution in [0.2, 0.25) is 0 Å². The summed E-state index contributed by atoms with van der Waals surface area (Å²) in [7, 11) is 0. The van der Waals surface area contributed by atoms with Crippen molar-refractivity contribution in [1.29, 1.82) is 0 Å². The Morgan fingerprint density at radius 1 is 0.966 bits per heavy atom. The van der Waals surface area contributed by atoms with Crippen LogP contribution in [0.15, 0.2) is 0 Å². The van der Waals surface area contributed by atoms with Gasteiger partial charge in [0.25, 0.3) is 0 Å². The van der Waals surface area contributed by atoms with E-state index in [1.54, 1.807) is 0 Å². The molecule has 0 aromatic carbocycles. The van der Waals surface area contributed by atoms with Gasteiger partial charge in [-0.3, -0.25) is 0 Å². The Balaban J connectivity index is 1.47. The van der Waals surface area contributed by atoms with E-state index < -0.39 is 5.60 Å². The first-order chi connectivity index (χ1) is 13.9. The molecule has 4 aliphatic carbocycles. The molecule has 0 bridgehead atoms. The first kappa shape index (κ1) is 21.3. The summed E-state index contributed by atoms with van der Waals surface area (Å²) in [5, 5.41) is 11.2. The number of aliphatic hydroxyl groups is 1. The summed E-state index contributed by atoms with van der Waals surface area (Å²) in [4.78, 5) is 0. The zero-order valence-corrected chi connectivity index (χ0v) is 18.8. The Kier molecular flexibility index (Phi) is 5.83. The van der Waals surface area contributed by atoms with Crippen molar-refractivity contribution >= 4 is 0 Å². The van der Waals surface area contributed by atoms with Crippen LogP contribution in [0.3, 0.4) is 0 Å². The van der Waals surface area contributed by atoms with E-state index in [-0.39, 0.29) is 6.61 Å². The minimum Gasteiger partial charge on any atom is -0.378 e. The van der Waals surface area contributed by atoms with Gasteiger partial charge in [-0.15, -0.1) is 6.42 Å². The van der Waals surface area contributed by atoms with Gasteiger partial charge in [-0.25, -0.2) is 0 Å². The summed E-state index contributed by atoms with van der Waals surface area (Å²) in [6.45, 7) is 8.20. The lowest BCUT2D eigenvalue weighted by molar-refractivity contribution is -0.138. The Labute approximate surface area is 178 Å². The third kappa shape index (κ3) is 3.56. The van der Waals surface area contributed by atoms with Crippen LogP contribution in [-0.2, 0) is 4.74 Å². The molecule has 0 saturated heterocycles. The fourth-order valence-corrected chi connectivity index (χ4v) is 8.50. The standard InChI is InChI=1S/C27H40O2/c1-5-17-29-18-7-13-27(28)16-15-26(4)21(19-27)8-10-22-23-11-9-20(6-2)25(23,3)14-12-24(22)26/h1,20-24,28H,6,8-12,14-19H2,2-4H3/t20-,21+,22-,23-,24-,25+,26-,27+/m0/s1. The molecule has 4 aliphatic rings. The molecule has 2 heteroatoms. The van der Waals surface area contributed by atoms with Crippen LogP contribution in [-0.4, -0.2) is 23.9 Å². The van der Waals surface area contributed by atoms with Crippen LogP contribution >= 0.6 is 0 Å². The highest BCUT2D eigenvalue weighted by Crippen LogP contribution is 2.68. The Hall–Kier alpha value is -0.960. The molecule has 0 aliphatic heterocycles. The predicted octanol–water partition coefficient (Wildman–Crippen LogP) is 5.44.